The van der Waals surface area contributed by atoms with E-state index in [0.717, 1.165) is 18.4 Å². The Morgan fingerprint density at radius 1 is 1.29 bits per heavy atom. The molecule has 1 aliphatic rings. The molecule has 0 saturated heterocycles. The molecular formula is C18H32N2S. The van der Waals surface area contributed by atoms with Gasteiger partial charge in [-0.3, -0.25) is 0 Å². The molecule has 2 rings (SSSR count). The summed E-state index contributed by atoms with van der Waals surface area (Å²) in [6.07, 6.45) is 6.37. The number of hydrogen-bond donors (Lipinski definition) is 1. The zero-order valence-corrected chi connectivity index (χ0v) is 15.2. The smallest absolute Gasteiger partial charge is 0.113 e. The number of thiazole rings is 1. The Labute approximate surface area is 134 Å². The van der Waals surface area contributed by atoms with Crippen molar-refractivity contribution in [3.63, 3.8) is 0 Å². The zero-order chi connectivity index (χ0) is 15.5. The molecule has 0 bridgehead atoms. The topological polar surface area (TPSA) is 24.9 Å². The number of hydrogen-bond acceptors (Lipinski definition) is 3. The van der Waals surface area contributed by atoms with Crippen LogP contribution in [0, 0.1) is 11.8 Å². The summed E-state index contributed by atoms with van der Waals surface area (Å²) in [7, 11) is 0. The van der Waals surface area contributed by atoms with Crippen molar-refractivity contribution in [1.82, 2.24) is 10.3 Å². The van der Waals surface area contributed by atoms with Crippen molar-refractivity contribution in [2.24, 2.45) is 11.8 Å². The fraction of sp³-hybridized carbons (Fsp3) is 0.833. The van der Waals surface area contributed by atoms with Gasteiger partial charge in [0.2, 0.25) is 0 Å². The van der Waals surface area contributed by atoms with Crippen molar-refractivity contribution >= 4 is 11.3 Å². The molecule has 0 aromatic carbocycles. The van der Waals surface area contributed by atoms with E-state index in [1.54, 1.807) is 0 Å². The maximum atomic E-state index is 4.98. The molecule has 0 amide bonds. The highest BCUT2D eigenvalue weighted by molar-refractivity contribution is 7.09. The van der Waals surface area contributed by atoms with E-state index in [-0.39, 0.29) is 5.54 Å². The summed E-state index contributed by atoms with van der Waals surface area (Å²) in [6.45, 7) is 12.6. The molecular weight excluding hydrogens is 276 g/mol. The van der Waals surface area contributed by atoms with Gasteiger partial charge in [0.05, 0.1) is 11.2 Å². The van der Waals surface area contributed by atoms with Crippen LogP contribution >= 0.6 is 11.3 Å². The van der Waals surface area contributed by atoms with Crippen LogP contribution in [0.4, 0.5) is 0 Å². The molecule has 1 saturated carbocycles. The van der Waals surface area contributed by atoms with E-state index >= 15 is 0 Å². The van der Waals surface area contributed by atoms with Crippen LogP contribution in [0.2, 0.25) is 0 Å². The van der Waals surface area contributed by atoms with Crippen LogP contribution in [-0.2, 0) is 5.54 Å². The van der Waals surface area contributed by atoms with Crippen LogP contribution in [0.3, 0.4) is 0 Å². The maximum Gasteiger partial charge on any atom is 0.113 e. The average Bonchev–Trinajstić information content (AvgIpc) is 2.96. The van der Waals surface area contributed by atoms with Crippen molar-refractivity contribution in [1.29, 1.82) is 0 Å². The van der Waals surface area contributed by atoms with E-state index in [2.05, 4.69) is 45.3 Å². The third-order valence-corrected chi connectivity index (χ3v) is 6.13. The highest BCUT2D eigenvalue weighted by Crippen LogP contribution is 2.43. The minimum absolute atomic E-state index is 0.152. The summed E-state index contributed by atoms with van der Waals surface area (Å²) in [6, 6.07) is 0. The van der Waals surface area contributed by atoms with Gasteiger partial charge in [-0.25, -0.2) is 4.98 Å². The highest BCUT2D eigenvalue weighted by atomic mass is 32.1. The van der Waals surface area contributed by atoms with Gasteiger partial charge in [0.25, 0.3) is 0 Å². The summed E-state index contributed by atoms with van der Waals surface area (Å²) in [5.74, 6) is 2.24. The van der Waals surface area contributed by atoms with Crippen LogP contribution in [-0.4, -0.2) is 11.5 Å². The first-order valence-corrected chi connectivity index (χ1v) is 9.57. The van der Waals surface area contributed by atoms with Crippen LogP contribution in [0.1, 0.15) is 83.3 Å². The fourth-order valence-electron chi connectivity index (χ4n) is 3.40. The van der Waals surface area contributed by atoms with Crippen LogP contribution in [0.5, 0.6) is 0 Å². The lowest BCUT2D eigenvalue weighted by molar-refractivity contribution is 0.160. The predicted octanol–water partition coefficient (Wildman–Crippen LogP) is 5.31. The first kappa shape index (κ1) is 17.0. The quantitative estimate of drug-likeness (QED) is 0.770. The normalized spacial score (nSPS) is 26.7. The second kappa shape index (κ2) is 7.23. The Kier molecular flexibility index (Phi) is 5.84. The largest absolute Gasteiger partial charge is 0.305 e. The molecule has 0 atom stereocenters. The minimum atomic E-state index is 0.152. The lowest BCUT2D eigenvalue weighted by Crippen LogP contribution is -2.46. The Hall–Kier alpha value is -0.410. The Balaban J connectivity index is 2.17. The zero-order valence-electron chi connectivity index (χ0n) is 14.4. The minimum Gasteiger partial charge on any atom is -0.305 e. The Morgan fingerprint density at radius 2 is 1.95 bits per heavy atom. The summed E-state index contributed by atoms with van der Waals surface area (Å²) in [4.78, 5) is 4.98. The first-order chi connectivity index (χ1) is 9.98. The number of aromatic nitrogens is 1. The van der Waals surface area contributed by atoms with Crippen molar-refractivity contribution in [3.05, 3.63) is 16.1 Å². The van der Waals surface area contributed by atoms with Gasteiger partial charge < -0.3 is 5.32 Å². The van der Waals surface area contributed by atoms with Gasteiger partial charge in [-0.2, -0.15) is 0 Å². The summed E-state index contributed by atoms with van der Waals surface area (Å²) in [5, 5.41) is 7.46. The van der Waals surface area contributed by atoms with Gasteiger partial charge in [0.15, 0.2) is 0 Å². The van der Waals surface area contributed by atoms with E-state index in [0.29, 0.717) is 5.92 Å². The van der Waals surface area contributed by atoms with Crippen molar-refractivity contribution < 1.29 is 0 Å². The third kappa shape index (κ3) is 3.87. The van der Waals surface area contributed by atoms with Crippen molar-refractivity contribution in [2.45, 2.75) is 78.2 Å². The van der Waals surface area contributed by atoms with Gasteiger partial charge in [0, 0.05) is 5.38 Å². The van der Waals surface area contributed by atoms with Gasteiger partial charge in [-0.1, -0.05) is 34.6 Å². The standard InChI is InChI=1S/C18H32N2S/c1-6-11-19-18(9-7-15(8-10-18)13(2)3)17-20-16(12-21-17)14(4)5/h12-15,19H,6-11H2,1-5H3. The Bertz CT molecular complexity index is 428. The van der Waals surface area contributed by atoms with Gasteiger partial charge in [-0.05, 0) is 56.4 Å². The summed E-state index contributed by atoms with van der Waals surface area (Å²) < 4.78 is 0. The molecule has 21 heavy (non-hydrogen) atoms. The first-order valence-electron chi connectivity index (χ1n) is 8.69. The SMILES string of the molecule is CCCNC1(c2nc(C(C)C)cs2)CCC(C(C)C)CC1. The van der Waals surface area contributed by atoms with E-state index in [9.17, 15) is 0 Å². The summed E-state index contributed by atoms with van der Waals surface area (Å²) >= 11 is 1.87. The van der Waals surface area contributed by atoms with Gasteiger partial charge >= 0.3 is 0 Å². The molecule has 0 spiro atoms. The van der Waals surface area contributed by atoms with Crippen LogP contribution in [0.25, 0.3) is 0 Å². The lowest BCUT2D eigenvalue weighted by Gasteiger charge is -2.41. The molecule has 1 aromatic rings. The van der Waals surface area contributed by atoms with Gasteiger partial charge in [0.1, 0.15) is 5.01 Å². The van der Waals surface area contributed by atoms with Crippen molar-refractivity contribution in [2.75, 3.05) is 6.54 Å². The second-order valence-corrected chi connectivity index (χ2v) is 8.18. The van der Waals surface area contributed by atoms with E-state index < -0.39 is 0 Å². The second-order valence-electron chi connectivity index (χ2n) is 7.32. The van der Waals surface area contributed by atoms with Crippen LogP contribution in [0.15, 0.2) is 5.38 Å². The molecule has 3 heteroatoms. The molecule has 0 aliphatic heterocycles. The Morgan fingerprint density at radius 3 is 2.43 bits per heavy atom. The molecule has 1 N–H and O–H groups in total. The number of nitrogens with zero attached hydrogens (tertiary/aromatic N) is 1. The maximum absolute atomic E-state index is 4.98. The van der Waals surface area contributed by atoms with Gasteiger partial charge in [-0.15, -0.1) is 11.3 Å². The molecule has 0 radical (unpaired) electrons. The fourth-order valence-corrected chi connectivity index (χ4v) is 4.62. The molecule has 2 nitrogen and oxygen atoms in total. The third-order valence-electron chi connectivity index (χ3n) is 5.06. The molecule has 1 aromatic heterocycles. The molecule has 1 fully saturated rings. The highest BCUT2D eigenvalue weighted by Gasteiger charge is 2.39. The molecule has 0 unspecified atom stereocenters. The number of nitrogens with one attached hydrogen (secondary N) is 1. The molecule has 1 aliphatic carbocycles. The van der Waals surface area contributed by atoms with Crippen LogP contribution < -0.4 is 5.32 Å². The van der Waals surface area contributed by atoms with E-state index in [1.807, 2.05) is 11.3 Å². The molecule has 1 heterocycles. The summed E-state index contributed by atoms with van der Waals surface area (Å²) in [5.41, 5.74) is 1.41. The predicted molar refractivity (Wildman–Crippen MR) is 93.0 cm³/mol. The van der Waals surface area contributed by atoms with Crippen molar-refractivity contribution in [3.8, 4) is 0 Å². The molecule has 120 valence electrons. The van der Waals surface area contributed by atoms with E-state index in [1.165, 1.54) is 42.8 Å². The van der Waals surface area contributed by atoms with E-state index in [4.69, 9.17) is 4.98 Å². The monoisotopic (exact) mass is 308 g/mol. The lowest BCUT2D eigenvalue weighted by atomic mass is 9.73. The average molecular weight is 309 g/mol. The number of rotatable bonds is 6.